The number of amides is 13. The Morgan fingerprint density at radius 2 is 0.796 bits per heavy atom. The summed E-state index contributed by atoms with van der Waals surface area (Å²) in [5, 5.41) is 89.1. The van der Waals surface area contributed by atoms with Crippen molar-refractivity contribution in [2.75, 3.05) is 25.2 Å². The number of aliphatic carboxylic acids is 3. The van der Waals surface area contributed by atoms with Crippen LogP contribution in [0.4, 0.5) is 0 Å². The third-order valence-electron chi connectivity index (χ3n) is 17.3. The highest BCUT2D eigenvalue weighted by atomic mass is 32.2. The maximum Gasteiger partial charge on any atom is 0.326 e. The molecule has 0 aromatic heterocycles. The summed E-state index contributed by atoms with van der Waals surface area (Å²) in [5.74, 6) is -20.1. The molecule has 602 valence electrons. The molecule has 0 saturated heterocycles. The minimum absolute atomic E-state index is 0.0668. The third-order valence-corrected chi connectivity index (χ3v) is 17.9. The molecule has 2 aromatic carbocycles. The molecule has 0 bridgehead atoms. The Morgan fingerprint density at radius 3 is 1.25 bits per heavy atom. The molecule has 37 nitrogen and oxygen atoms in total. The van der Waals surface area contributed by atoms with E-state index < -0.39 is 223 Å². The minimum Gasteiger partial charge on any atom is -0.508 e. The Hall–Kier alpha value is -10.2. The number of carboxylic acids is 3. The molecule has 2 rings (SSSR count). The van der Waals surface area contributed by atoms with E-state index in [4.69, 9.17) is 17.2 Å². The number of benzene rings is 2. The Kier molecular flexibility index (Phi) is 41.3. The molecule has 0 heterocycles. The second-order valence-electron chi connectivity index (χ2n) is 27.2. The molecule has 108 heavy (non-hydrogen) atoms. The lowest BCUT2D eigenvalue weighted by molar-refractivity contribution is -0.145. The van der Waals surface area contributed by atoms with Crippen LogP contribution in [0.3, 0.4) is 0 Å². The van der Waals surface area contributed by atoms with Gasteiger partial charge in [0.1, 0.15) is 84.0 Å². The predicted molar refractivity (Wildman–Crippen MR) is 393 cm³/mol. The molecule has 0 saturated carbocycles. The highest BCUT2D eigenvalue weighted by Gasteiger charge is 2.39. The number of carbonyl (C=O) groups excluding carboxylic acids is 13. The van der Waals surface area contributed by atoms with Crippen LogP contribution in [0.1, 0.15) is 138 Å². The van der Waals surface area contributed by atoms with Gasteiger partial charge in [-0.1, -0.05) is 86.1 Å². The first-order valence-corrected chi connectivity index (χ1v) is 36.8. The number of nitrogens with two attached hydrogens (primary N) is 3. The van der Waals surface area contributed by atoms with E-state index in [-0.39, 0.29) is 75.2 Å². The van der Waals surface area contributed by atoms with E-state index in [1.807, 2.05) is 0 Å². The number of hydrogen-bond donors (Lipinski definition) is 21. The quantitative estimate of drug-likeness (QED) is 0.0288. The van der Waals surface area contributed by atoms with E-state index in [9.17, 15) is 107 Å². The summed E-state index contributed by atoms with van der Waals surface area (Å²) in [4.78, 5) is 216. The number of nitrogens with one attached hydrogen (secondary N) is 12. The minimum atomic E-state index is -1.82. The number of phenols is 2. The summed E-state index contributed by atoms with van der Waals surface area (Å²) >= 11 is 1.28. The van der Waals surface area contributed by atoms with E-state index in [0.29, 0.717) is 17.5 Å². The van der Waals surface area contributed by atoms with Gasteiger partial charge in [-0.2, -0.15) is 11.8 Å². The van der Waals surface area contributed by atoms with Crippen LogP contribution in [0.15, 0.2) is 48.5 Å². The molecule has 14 atom stereocenters. The number of aliphatic hydroxyl groups excluding tert-OH is 1. The molecule has 0 fully saturated rings. The van der Waals surface area contributed by atoms with Crippen molar-refractivity contribution in [1.29, 1.82) is 0 Å². The first-order chi connectivity index (χ1) is 50.7. The molecule has 0 spiro atoms. The van der Waals surface area contributed by atoms with E-state index >= 15 is 0 Å². The van der Waals surface area contributed by atoms with Crippen LogP contribution in [-0.4, -0.2) is 229 Å². The largest absolute Gasteiger partial charge is 0.508 e. The van der Waals surface area contributed by atoms with E-state index in [0.717, 1.165) is 0 Å². The Balaban J connectivity index is 2.47. The normalized spacial score (nSPS) is 15.1. The van der Waals surface area contributed by atoms with Gasteiger partial charge in [0.25, 0.3) is 0 Å². The summed E-state index contributed by atoms with van der Waals surface area (Å²) in [6.07, 6.45) is -0.925. The lowest BCUT2D eigenvalue weighted by Gasteiger charge is -2.30. The maximum absolute atomic E-state index is 14.5. The van der Waals surface area contributed by atoms with Crippen molar-refractivity contribution < 1.29 is 107 Å². The van der Waals surface area contributed by atoms with Gasteiger partial charge in [-0.15, -0.1) is 0 Å². The van der Waals surface area contributed by atoms with Gasteiger partial charge in [0, 0.05) is 25.7 Å². The molecule has 0 radical (unpaired) electrons. The highest BCUT2D eigenvalue weighted by Crippen LogP contribution is 2.18. The molecule has 2 aromatic rings. The Labute approximate surface area is 630 Å². The second kappa shape index (κ2) is 47.5. The lowest BCUT2D eigenvalue weighted by atomic mass is 9.97. The van der Waals surface area contributed by atoms with Crippen LogP contribution in [0.2, 0.25) is 0 Å². The molecular weight excluding hydrogens is 1430 g/mol. The summed E-state index contributed by atoms with van der Waals surface area (Å²) < 4.78 is 0. The van der Waals surface area contributed by atoms with Gasteiger partial charge in [0.2, 0.25) is 76.8 Å². The first-order valence-electron chi connectivity index (χ1n) is 35.4. The zero-order valence-electron chi connectivity index (χ0n) is 62.4. The zero-order valence-corrected chi connectivity index (χ0v) is 63.2. The van der Waals surface area contributed by atoms with Gasteiger partial charge in [0.05, 0.1) is 19.1 Å². The summed E-state index contributed by atoms with van der Waals surface area (Å²) in [6, 6.07) is -9.04. The highest BCUT2D eigenvalue weighted by molar-refractivity contribution is 7.98. The van der Waals surface area contributed by atoms with E-state index in [1.54, 1.807) is 20.1 Å². The van der Waals surface area contributed by atoms with Crippen LogP contribution < -0.4 is 81.0 Å². The Morgan fingerprint density at radius 1 is 0.417 bits per heavy atom. The monoisotopic (exact) mass is 1540 g/mol. The number of carboxylic acid groups (broad SMARTS) is 3. The van der Waals surface area contributed by atoms with Crippen LogP contribution in [-0.2, 0) is 89.6 Å². The average Bonchev–Trinajstić information content (AvgIpc) is 0.850. The van der Waals surface area contributed by atoms with Crippen LogP contribution >= 0.6 is 11.8 Å². The number of aromatic hydroxyl groups is 2. The number of unbranched alkanes of at least 4 members (excludes halogenated alkanes) is 1. The lowest BCUT2D eigenvalue weighted by Crippen LogP contribution is -2.62. The fraction of sp³-hybridized carbons (Fsp3) is 0.600. The topological polar surface area (TPSA) is 617 Å². The van der Waals surface area contributed by atoms with Crippen molar-refractivity contribution >= 4 is 106 Å². The zero-order chi connectivity index (χ0) is 81.8. The molecule has 24 N–H and O–H groups in total. The smallest absolute Gasteiger partial charge is 0.326 e. The van der Waals surface area contributed by atoms with Crippen LogP contribution in [0, 0.1) is 23.7 Å². The van der Waals surface area contributed by atoms with Gasteiger partial charge >= 0.3 is 17.9 Å². The van der Waals surface area contributed by atoms with Crippen LogP contribution in [0.25, 0.3) is 0 Å². The van der Waals surface area contributed by atoms with Crippen molar-refractivity contribution in [3.8, 4) is 11.5 Å². The summed E-state index contributed by atoms with van der Waals surface area (Å²) in [7, 11) is 0. The first kappa shape index (κ1) is 93.9. The third kappa shape index (κ3) is 33.3. The molecule has 0 unspecified atom stereocenters. The SMILES string of the molecule is CC[C@H](C)[C@H](NC(=O)[C@H](CCSC)NC(=O)[C@H](CCCCN)NC(=O)[C@H](CCC(=O)O)NC(=O)[C@@H](NC(=O)[C@@H](NC(=O)[C@H](Cc1ccc(O)cc1)NC(=O)[C@H](CO)NC(=O)[C@H](C)NC(=O)[C@H](Cc1ccc(O)cc1)NC(=O)[C@@H](N)CCC(N)=O)C(C)C)C(C)C)C(=O)N[C@@H](CC(=O)O)C(=O)N[C@H](C(=O)O)C(C)C. The summed E-state index contributed by atoms with van der Waals surface area (Å²) in [5.41, 5.74) is 17.7. The van der Waals surface area contributed by atoms with Gasteiger partial charge < -0.3 is 112 Å². The van der Waals surface area contributed by atoms with Gasteiger partial charge in [0.15, 0.2) is 0 Å². The Bertz CT molecular complexity index is 3400. The number of primary amides is 1. The van der Waals surface area contributed by atoms with Gasteiger partial charge in [-0.25, -0.2) is 4.79 Å². The van der Waals surface area contributed by atoms with Crippen molar-refractivity contribution in [2.45, 2.75) is 218 Å². The fourth-order valence-corrected chi connectivity index (χ4v) is 11.0. The second-order valence-corrected chi connectivity index (χ2v) is 28.2. The molecule has 0 aliphatic heterocycles. The number of thioether (sulfide) groups is 1. The van der Waals surface area contributed by atoms with Crippen molar-refractivity contribution in [3.05, 3.63) is 59.7 Å². The molecule has 13 amide bonds. The molecule has 38 heteroatoms. The number of aliphatic hydroxyl groups is 1. The van der Waals surface area contributed by atoms with Crippen molar-refractivity contribution in [3.63, 3.8) is 0 Å². The average molecular weight is 1540 g/mol. The number of hydrogen-bond acceptors (Lipinski definition) is 22. The number of phenolic OH excluding ortho intramolecular Hbond substituents is 2. The van der Waals surface area contributed by atoms with Crippen molar-refractivity contribution in [2.24, 2.45) is 40.9 Å². The van der Waals surface area contributed by atoms with Gasteiger partial charge in [-0.05, 0) is 123 Å². The van der Waals surface area contributed by atoms with E-state index in [1.165, 1.54) is 109 Å². The number of rotatable bonds is 50. The van der Waals surface area contributed by atoms with Crippen molar-refractivity contribution in [1.82, 2.24) is 63.8 Å². The van der Waals surface area contributed by atoms with Crippen LogP contribution in [0.5, 0.6) is 11.5 Å². The molecule has 0 aliphatic carbocycles. The fourth-order valence-electron chi connectivity index (χ4n) is 10.5. The molecular formula is C70H109N15O22S. The standard InChI is InChI=1S/C70H109N15O22S/c1-11-37(8)57(69(105)80-49(32-53(92)93)65(101)84-56(36(6)7)70(106)107)85-62(98)46(27-29-108-10)76-60(96)44(14-12-13-28-71)75-61(97)45(24-26-52(90)91)77-67(103)54(34(2)3)83-68(104)55(35(4)5)82-64(100)48(31-40-17-21-42(88)22-18-40)79-66(102)50(33-86)81-58(94)38(9)74-63(99)47(30-39-15-19-41(87)20-16-39)78-59(95)43(72)23-25-51(73)89/h15-22,34-38,43-50,54-57,86-88H,11-14,23-33,71-72H2,1-10H3,(H2,73,89)(H,74,99)(H,75,97)(H,76,96)(H,77,103)(H,78,95)(H,79,102)(H,80,105)(H,81,94)(H,82,100)(H,83,104)(H,84,101)(H,85,98)(H,90,91)(H,92,93)(H,106,107)/t37-,38-,43-,44-,45-,46-,47-,48-,49-,50-,54-,55-,56-,57-/m0/s1. The summed E-state index contributed by atoms with van der Waals surface area (Å²) in [6.45, 7) is 12.6. The van der Waals surface area contributed by atoms with Gasteiger partial charge in [-0.3, -0.25) is 71.9 Å². The van der Waals surface area contributed by atoms with E-state index in [2.05, 4.69) is 63.8 Å². The maximum atomic E-state index is 14.5. The predicted octanol–water partition coefficient (Wildman–Crippen LogP) is -3.37. The molecule has 0 aliphatic rings. The number of carbonyl (C=O) groups is 16.